The minimum absolute atomic E-state index is 0.0901. The van der Waals surface area contributed by atoms with E-state index >= 15 is 0 Å². The van der Waals surface area contributed by atoms with E-state index in [0.29, 0.717) is 23.7 Å². The normalized spacial score (nSPS) is 18.0. The Labute approximate surface area is 241 Å². The minimum Gasteiger partial charge on any atom is -0.485 e. The van der Waals surface area contributed by atoms with Crippen molar-refractivity contribution in [2.75, 3.05) is 19.7 Å². The van der Waals surface area contributed by atoms with Crippen LogP contribution in [-0.4, -0.2) is 51.3 Å². The molecular weight excluding hydrogens is 552 g/mol. The summed E-state index contributed by atoms with van der Waals surface area (Å²) in [7, 11) is 0. The van der Waals surface area contributed by atoms with Gasteiger partial charge in [-0.05, 0) is 74.7 Å². The van der Waals surface area contributed by atoms with Gasteiger partial charge in [0.05, 0.1) is 35.8 Å². The first-order chi connectivity index (χ1) is 19.9. The Morgan fingerprint density at radius 1 is 1.07 bits per heavy atom. The Hall–Kier alpha value is -3.53. The zero-order valence-corrected chi connectivity index (χ0v) is 23.1. The monoisotopic (exact) mass is 581 g/mol. The number of fused-ring (bicyclic) bond motifs is 1. The van der Waals surface area contributed by atoms with E-state index < -0.39 is 17.6 Å². The highest BCUT2D eigenvalue weighted by molar-refractivity contribution is 6.30. The molecule has 6 rings (SSSR count). The van der Waals surface area contributed by atoms with Crippen molar-refractivity contribution in [3.8, 4) is 5.75 Å². The van der Waals surface area contributed by atoms with Gasteiger partial charge in [-0.25, -0.2) is 18.6 Å². The van der Waals surface area contributed by atoms with E-state index in [0.717, 1.165) is 61.4 Å². The van der Waals surface area contributed by atoms with Gasteiger partial charge < -0.3 is 19.1 Å². The number of aromatic carboxylic acids is 1. The molecule has 0 bridgehead atoms. The molecule has 3 heterocycles. The molecule has 41 heavy (non-hydrogen) atoms. The number of ether oxygens (including phenoxy) is 2. The van der Waals surface area contributed by atoms with Crippen molar-refractivity contribution in [2.45, 2.75) is 51.0 Å². The Balaban J connectivity index is 1.16. The maximum absolute atomic E-state index is 14.9. The molecule has 0 saturated carbocycles. The summed E-state index contributed by atoms with van der Waals surface area (Å²) in [4.78, 5) is 18.8. The van der Waals surface area contributed by atoms with E-state index in [1.54, 1.807) is 36.4 Å². The number of benzene rings is 3. The first-order valence-corrected chi connectivity index (χ1v) is 14.1. The molecule has 0 radical (unpaired) electrons. The molecule has 0 aliphatic carbocycles. The molecule has 10 heteroatoms. The van der Waals surface area contributed by atoms with E-state index in [-0.39, 0.29) is 29.9 Å². The fourth-order valence-corrected chi connectivity index (χ4v) is 5.81. The van der Waals surface area contributed by atoms with Gasteiger partial charge in [-0.1, -0.05) is 29.8 Å². The zero-order chi connectivity index (χ0) is 28.5. The van der Waals surface area contributed by atoms with Crippen LogP contribution in [0.5, 0.6) is 5.75 Å². The lowest BCUT2D eigenvalue weighted by molar-refractivity contribution is -0.0592. The maximum atomic E-state index is 14.9. The van der Waals surface area contributed by atoms with Gasteiger partial charge >= 0.3 is 5.97 Å². The Kier molecular flexibility index (Phi) is 7.92. The summed E-state index contributed by atoms with van der Waals surface area (Å²) in [5, 5.41) is 9.79. The molecule has 1 N–H and O–H groups in total. The van der Waals surface area contributed by atoms with Gasteiger partial charge in [0.25, 0.3) is 0 Å². The predicted molar refractivity (Wildman–Crippen MR) is 150 cm³/mol. The summed E-state index contributed by atoms with van der Waals surface area (Å²) in [5.74, 6) is -0.799. The first kappa shape index (κ1) is 27.6. The zero-order valence-electron chi connectivity index (χ0n) is 22.4. The molecule has 7 nitrogen and oxygen atoms in total. The molecule has 3 aromatic carbocycles. The second kappa shape index (κ2) is 11.8. The van der Waals surface area contributed by atoms with Crippen LogP contribution in [0.25, 0.3) is 11.0 Å². The van der Waals surface area contributed by atoms with E-state index in [1.165, 1.54) is 12.1 Å². The molecule has 4 aromatic rings. The van der Waals surface area contributed by atoms with Crippen molar-refractivity contribution in [1.82, 2.24) is 14.5 Å². The number of hydrogen-bond donors (Lipinski definition) is 1. The second-order valence-corrected chi connectivity index (χ2v) is 11.1. The molecule has 2 fully saturated rings. The van der Waals surface area contributed by atoms with Crippen molar-refractivity contribution in [2.24, 2.45) is 0 Å². The standard InChI is InChI=1S/C31H30ClF2N3O4/c32-22-6-4-21(26(34)15-22)18-41-30-24(2-1-3-25(30)33)19-8-11-36(12-9-19)17-29-35-27-7-5-20(31(38)39)14-28(27)37(29)16-23-10-13-40-23/h1-7,14-15,19,23H,8-13,16-18H2,(H,38,39)/t23-/m0/s1. The largest absolute Gasteiger partial charge is 0.485 e. The third kappa shape index (κ3) is 5.93. The Bertz CT molecular complexity index is 1580. The van der Waals surface area contributed by atoms with Gasteiger partial charge in [-0.15, -0.1) is 0 Å². The van der Waals surface area contributed by atoms with Crippen molar-refractivity contribution in [3.63, 3.8) is 0 Å². The van der Waals surface area contributed by atoms with Gasteiger partial charge in [-0.2, -0.15) is 0 Å². The summed E-state index contributed by atoms with van der Waals surface area (Å²) in [6.45, 7) is 3.43. The molecule has 0 spiro atoms. The van der Waals surface area contributed by atoms with E-state index in [9.17, 15) is 18.7 Å². The number of likely N-dealkylation sites (tertiary alicyclic amines) is 1. The van der Waals surface area contributed by atoms with Crippen molar-refractivity contribution >= 4 is 28.6 Å². The van der Waals surface area contributed by atoms with Crippen LogP contribution in [-0.2, 0) is 24.4 Å². The fraction of sp³-hybridized carbons (Fsp3) is 0.355. The Morgan fingerprint density at radius 2 is 1.88 bits per heavy atom. The molecule has 214 valence electrons. The topological polar surface area (TPSA) is 76.8 Å². The Morgan fingerprint density at radius 3 is 2.59 bits per heavy atom. The molecule has 1 atom stereocenters. The number of halogens is 3. The number of para-hydroxylation sites is 1. The van der Waals surface area contributed by atoms with Crippen LogP contribution in [0.15, 0.2) is 54.6 Å². The summed E-state index contributed by atoms with van der Waals surface area (Å²) in [6.07, 6.45) is 2.65. The van der Waals surface area contributed by atoms with E-state index in [1.807, 2.05) is 6.07 Å². The summed E-state index contributed by atoms with van der Waals surface area (Å²) in [6, 6.07) is 14.3. The van der Waals surface area contributed by atoms with Gasteiger partial charge in [0, 0.05) is 22.8 Å². The quantitative estimate of drug-likeness (QED) is 0.246. The number of rotatable bonds is 9. The van der Waals surface area contributed by atoms with Crippen LogP contribution in [0.1, 0.15) is 52.5 Å². The van der Waals surface area contributed by atoms with Crippen LogP contribution in [0.4, 0.5) is 8.78 Å². The summed E-state index contributed by atoms with van der Waals surface area (Å²) >= 11 is 5.85. The van der Waals surface area contributed by atoms with Gasteiger partial charge in [0.15, 0.2) is 11.6 Å². The van der Waals surface area contributed by atoms with Crippen molar-refractivity contribution < 1.29 is 28.2 Å². The first-order valence-electron chi connectivity index (χ1n) is 13.8. The lowest BCUT2D eigenvalue weighted by atomic mass is 9.88. The fourth-order valence-electron chi connectivity index (χ4n) is 5.65. The molecule has 2 saturated heterocycles. The number of hydrogen-bond acceptors (Lipinski definition) is 5. The third-order valence-electron chi connectivity index (χ3n) is 8.03. The number of carbonyl (C=O) groups is 1. The summed E-state index contributed by atoms with van der Waals surface area (Å²) in [5.41, 5.74) is 2.88. The molecule has 2 aliphatic heterocycles. The third-order valence-corrected chi connectivity index (χ3v) is 8.27. The van der Waals surface area contributed by atoms with Gasteiger partial charge in [0.2, 0.25) is 0 Å². The number of aromatic nitrogens is 2. The molecule has 0 amide bonds. The smallest absolute Gasteiger partial charge is 0.335 e. The van der Waals surface area contributed by atoms with Crippen molar-refractivity contribution in [3.05, 3.63) is 93.8 Å². The molecule has 0 unspecified atom stereocenters. The van der Waals surface area contributed by atoms with Crippen LogP contribution >= 0.6 is 11.6 Å². The SMILES string of the molecule is O=C(O)c1ccc2nc(CN3CCC(c4cccc(F)c4OCc4ccc(Cl)cc4F)CC3)n(C[C@@H]3CCO3)c2c1. The highest BCUT2D eigenvalue weighted by Crippen LogP contribution is 2.37. The molecule has 2 aliphatic rings. The molecular formula is C31H30ClF2N3O4. The van der Waals surface area contributed by atoms with Crippen LogP contribution in [0.3, 0.4) is 0 Å². The van der Waals surface area contributed by atoms with Gasteiger partial charge in [-0.3, -0.25) is 4.90 Å². The van der Waals surface area contributed by atoms with Gasteiger partial charge in [0.1, 0.15) is 18.2 Å². The number of imidazole rings is 1. The average Bonchev–Trinajstić information content (AvgIpc) is 3.27. The maximum Gasteiger partial charge on any atom is 0.335 e. The van der Waals surface area contributed by atoms with Crippen LogP contribution < -0.4 is 4.74 Å². The number of nitrogens with zero attached hydrogens (tertiary/aromatic N) is 3. The lowest BCUT2D eigenvalue weighted by Crippen LogP contribution is -2.35. The predicted octanol–water partition coefficient (Wildman–Crippen LogP) is 6.41. The number of carboxylic acids is 1. The van der Waals surface area contributed by atoms with E-state index in [2.05, 4.69) is 9.47 Å². The van der Waals surface area contributed by atoms with Crippen molar-refractivity contribution in [1.29, 1.82) is 0 Å². The average molecular weight is 582 g/mol. The molecule has 1 aromatic heterocycles. The summed E-state index contributed by atoms with van der Waals surface area (Å²) < 4.78 is 42.8. The number of piperidine rings is 1. The second-order valence-electron chi connectivity index (χ2n) is 10.7. The highest BCUT2D eigenvalue weighted by atomic mass is 35.5. The van der Waals surface area contributed by atoms with Crippen LogP contribution in [0.2, 0.25) is 5.02 Å². The highest BCUT2D eigenvalue weighted by Gasteiger charge is 2.27. The number of carboxylic acid groups (broad SMARTS) is 1. The lowest BCUT2D eigenvalue weighted by Gasteiger charge is -2.33. The minimum atomic E-state index is -0.970. The van der Waals surface area contributed by atoms with Crippen LogP contribution in [0, 0.1) is 11.6 Å². The van der Waals surface area contributed by atoms with E-state index in [4.69, 9.17) is 26.1 Å².